The predicted octanol–water partition coefficient (Wildman–Crippen LogP) is 2.70. The molecule has 1 aromatic heterocycles. The highest BCUT2D eigenvalue weighted by Gasteiger charge is 2.09. The van der Waals surface area contributed by atoms with Gasteiger partial charge in [-0.2, -0.15) is 5.10 Å². The van der Waals surface area contributed by atoms with E-state index in [4.69, 9.17) is 0 Å². The van der Waals surface area contributed by atoms with E-state index in [2.05, 4.69) is 48.3 Å². The van der Waals surface area contributed by atoms with Crippen LogP contribution >= 0.6 is 0 Å². The Kier molecular flexibility index (Phi) is 2.53. The van der Waals surface area contributed by atoms with Crippen LogP contribution < -0.4 is 0 Å². The summed E-state index contributed by atoms with van der Waals surface area (Å²) < 4.78 is 0. The van der Waals surface area contributed by atoms with Crippen LogP contribution in [0.1, 0.15) is 23.4 Å². The van der Waals surface area contributed by atoms with E-state index in [0.717, 1.165) is 12.1 Å². The van der Waals surface area contributed by atoms with Crippen molar-refractivity contribution >= 4 is 0 Å². The van der Waals surface area contributed by atoms with E-state index < -0.39 is 0 Å². The van der Waals surface area contributed by atoms with E-state index in [0.29, 0.717) is 5.92 Å². The van der Waals surface area contributed by atoms with Gasteiger partial charge in [-0.05, 0) is 38.2 Å². The minimum Gasteiger partial charge on any atom is -0.282 e. The average Bonchev–Trinajstić information content (AvgIpc) is 2.76. The standard InChI is InChI=1S/C12H16N2/c1-9-12(10(2)14-13-9)8-7-11-5-3-4-6-11/h3-6,11H,7-8H2,1-2H3,(H,13,14). The molecule has 1 aliphatic rings. The quantitative estimate of drug-likeness (QED) is 0.776. The number of hydrogen-bond donors (Lipinski definition) is 1. The molecule has 0 saturated carbocycles. The molecule has 1 aromatic rings. The molecule has 0 aromatic carbocycles. The minimum atomic E-state index is 0.628. The molecule has 0 aliphatic heterocycles. The lowest BCUT2D eigenvalue weighted by molar-refractivity contribution is 0.711. The molecule has 74 valence electrons. The Balaban J connectivity index is 1.97. The first-order chi connectivity index (χ1) is 6.77. The van der Waals surface area contributed by atoms with Gasteiger partial charge in [-0.1, -0.05) is 24.3 Å². The zero-order valence-corrected chi connectivity index (χ0v) is 8.75. The van der Waals surface area contributed by atoms with Crippen LogP contribution in [-0.2, 0) is 6.42 Å². The van der Waals surface area contributed by atoms with Crippen molar-refractivity contribution in [1.29, 1.82) is 0 Å². The molecule has 1 heterocycles. The van der Waals surface area contributed by atoms with E-state index in [1.807, 2.05) is 0 Å². The molecule has 0 saturated heterocycles. The lowest BCUT2D eigenvalue weighted by Gasteiger charge is -2.04. The second-order valence-electron chi connectivity index (χ2n) is 3.88. The van der Waals surface area contributed by atoms with Crippen LogP contribution in [-0.4, -0.2) is 10.2 Å². The van der Waals surface area contributed by atoms with E-state index in [9.17, 15) is 0 Å². The van der Waals surface area contributed by atoms with Crippen LogP contribution in [0.2, 0.25) is 0 Å². The Morgan fingerprint density at radius 1 is 1.29 bits per heavy atom. The van der Waals surface area contributed by atoms with Gasteiger partial charge in [0, 0.05) is 5.69 Å². The molecule has 1 aliphatic carbocycles. The molecular formula is C12H16N2. The van der Waals surface area contributed by atoms with Gasteiger partial charge in [0.1, 0.15) is 0 Å². The van der Waals surface area contributed by atoms with Crippen molar-refractivity contribution in [3.05, 3.63) is 41.3 Å². The average molecular weight is 188 g/mol. The summed E-state index contributed by atoms with van der Waals surface area (Å²) in [5, 5.41) is 7.23. The normalized spacial score (nSPS) is 15.6. The van der Waals surface area contributed by atoms with Gasteiger partial charge in [0.25, 0.3) is 0 Å². The second-order valence-corrected chi connectivity index (χ2v) is 3.88. The number of aromatic amines is 1. The zero-order valence-electron chi connectivity index (χ0n) is 8.75. The lowest BCUT2D eigenvalue weighted by atomic mass is 10.00. The topological polar surface area (TPSA) is 28.7 Å². The third-order valence-corrected chi connectivity index (χ3v) is 2.84. The summed E-state index contributed by atoms with van der Waals surface area (Å²) in [6.45, 7) is 4.16. The van der Waals surface area contributed by atoms with E-state index in [-0.39, 0.29) is 0 Å². The van der Waals surface area contributed by atoms with Gasteiger partial charge in [0.05, 0.1) is 5.69 Å². The number of hydrogen-bond acceptors (Lipinski definition) is 1. The third kappa shape index (κ3) is 1.79. The first-order valence-electron chi connectivity index (χ1n) is 5.13. The molecular weight excluding hydrogens is 172 g/mol. The molecule has 14 heavy (non-hydrogen) atoms. The first kappa shape index (κ1) is 9.25. The van der Waals surface area contributed by atoms with Crippen LogP contribution in [0.4, 0.5) is 0 Å². The summed E-state index contributed by atoms with van der Waals surface area (Å²) in [4.78, 5) is 0. The molecule has 2 nitrogen and oxygen atoms in total. The van der Waals surface area contributed by atoms with Crippen LogP contribution in [0, 0.1) is 19.8 Å². The number of rotatable bonds is 3. The highest BCUT2D eigenvalue weighted by atomic mass is 15.1. The highest BCUT2D eigenvalue weighted by molar-refractivity contribution is 5.24. The summed E-state index contributed by atoms with van der Waals surface area (Å²) in [7, 11) is 0. The Morgan fingerprint density at radius 2 is 2.00 bits per heavy atom. The largest absolute Gasteiger partial charge is 0.282 e. The Morgan fingerprint density at radius 3 is 2.57 bits per heavy atom. The summed E-state index contributed by atoms with van der Waals surface area (Å²) in [5.74, 6) is 0.628. The van der Waals surface area contributed by atoms with Crippen molar-refractivity contribution < 1.29 is 0 Å². The fraction of sp³-hybridized carbons (Fsp3) is 0.417. The summed E-state index contributed by atoms with van der Waals surface area (Å²) in [6, 6.07) is 0. The number of nitrogens with one attached hydrogen (secondary N) is 1. The number of aromatic nitrogens is 2. The van der Waals surface area contributed by atoms with Gasteiger partial charge in [-0.3, -0.25) is 5.10 Å². The monoisotopic (exact) mass is 188 g/mol. The molecule has 0 amide bonds. The van der Waals surface area contributed by atoms with E-state index in [1.54, 1.807) is 0 Å². The van der Waals surface area contributed by atoms with Gasteiger partial charge < -0.3 is 0 Å². The summed E-state index contributed by atoms with van der Waals surface area (Å²) >= 11 is 0. The molecule has 0 fully saturated rings. The molecule has 2 rings (SSSR count). The Hall–Kier alpha value is -1.31. The third-order valence-electron chi connectivity index (χ3n) is 2.84. The molecule has 0 radical (unpaired) electrons. The van der Waals surface area contributed by atoms with Crippen molar-refractivity contribution in [1.82, 2.24) is 10.2 Å². The van der Waals surface area contributed by atoms with Crippen molar-refractivity contribution in [3.63, 3.8) is 0 Å². The second kappa shape index (κ2) is 3.82. The van der Waals surface area contributed by atoms with Gasteiger partial charge in [0.15, 0.2) is 0 Å². The zero-order chi connectivity index (χ0) is 9.97. The molecule has 0 unspecified atom stereocenters. The SMILES string of the molecule is Cc1n[nH]c(C)c1CCC1C=CC=C1. The maximum absolute atomic E-state index is 4.20. The van der Waals surface area contributed by atoms with Gasteiger partial charge in [-0.15, -0.1) is 0 Å². The number of aryl methyl sites for hydroxylation is 2. The van der Waals surface area contributed by atoms with Crippen molar-refractivity contribution in [2.75, 3.05) is 0 Å². The van der Waals surface area contributed by atoms with Crippen LogP contribution in [0.5, 0.6) is 0 Å². The van der Waals surface area contributed by atoms with Crippen molar-refractivity contribution in [2.45, 2.75) is 26.7 Å². The van der Waals surface area contributed by atoms with Crippen molar-refractivity contribution in [2.24, 2.45) is 5.92 Å². The number of H-pyrrole nitrogens is 1. The van der Waals surface area contributed by atoms with Gasteiger partial charge >= 0.3 is 0 Å². The minimum absolute atomic E-state index is 0.628. The molecule has 0 bridgehead atoms. The van der Waals surface area contributed by atoms with Crippen LogP contribution in [0.15, 0.2) is 24.3 Å². The van der Waals surface area contributed by atoms with Gasteiger partial charge in [-0.25, -0.2) is 0 Å². The molecule has 1 N–H and O–H groups in total. The summed E-state index contributed by atoms with van der Waals surface area (Å²) in [5.41, 5.74) is 3.75. The maximum Gasteiger partial charge on any atom is 0.0625 e. The number of nitrogens with zero attached hydrogens (tertiary/aromatic N) is 1. The van der Waals surface area contributed by atoms with E-state index >= 15 is 0 Å². The molecule has 0 spiro atoms. The first-order valence-corrected chi connectivity index (χ1v) is 5.13. The smallest absolute Gasteiger partial charge is 0.0625 e. The summed E-state index contributed by atoms with van der Waals surface area (Å²) in [6.07, 6.45) is 11.1. The van der Waals surface area contributed by atoms with Gasteiger partial charge in [0.2, 0.25) is 0 Å². The van der Waals surface area contributed by atoms with Crippen LogP contribution in [0.25, 0.3) is 0 Å². The Labute approximate surface area is 84.7 Å². The predicted molar refractivity (Wildman–Crippen MR) is 58.2 cm³/mol. The van der Waals surface area contributed by atoms with E-state index in [1.165, 1.54) is 17.7 Å². The van der Waals surface area contributed by atoms with Crippen molar-refractivity contribution in [3.8, 4) is 0 Å². The van der Waals surface area contributed by atoms with Crippen LogP contribution in [0.3, 0.4) is 0 Å². The molecule has 0 atom stereocenters. The number of allylic oxidation sites excluding steroid dienone is 4. The Bertz CT molecular complexity index is 340. The fourth-order valence-corrected chi connectivity index (χ4v) is 1.92. The molecule has 2 heteroatoms. The lowest BCUT2D eigenvalue weighted by Crippen LogP contribution is -1.95. The fourth-order valence-electron chi connectivity index (χ4n) is 1.92. The maximum atomic E-state index is 4.20. The highest BCUT2D eigenvalue weighted by Crippen LogP contribution is 2.19.